The first-order valence-corrected chi connectivity index (χ1v) is 9.06. The Hall–Kier alpha value is -3.92. The summed E-state index contributed by atoms with van der Waals surface area (Å²) in [4.78, 5) is 27.0. The molecular weight excluding hydrogens is 348 g/mol. The molecule has 0 amide bonds. The van der Waals surface area contributed by atoms with E-state index in [1.54, 1.807) is 16.5 Å². The summed E-state index contributed by atoms with van der Waals surface area (Å²) in [6.07, 6.45) is 0. The zero-order valence-electron chi connectivity index (χ0n) is 14.9. The molecule has 0 aliphatic rings. The molecule has 3 aromatic carbocycles. The lowest BCUT2D eigenvalue weighted by atomic mass is 10.0. The molecule has 4 heteroatoms. The predicted octanol–water partition coefficient (Wildman–Crippen LogP) is 4.27. The van der Waals surface area contributed by atoms with Crippen LogP contribution in [0.25, 0.3) is 33.2 Å². The van der Waals surface area contributed by atoms with Gasteiger partial charge < -0.3 is 0 Å². The minimum Gasteiger partial charge on any atom is -0.268 e. The van der Waals surface area contributed by atoms with Crippen molar-refractivity contribution in [3.8, 4) is 16.8 Å². The van der Waals surface area contributed by atoms with E-state index in [0.29, 0.717) is 16.8 Å². The summed E-state index contributed by atoms with van der Waals surface area (Å²) in [6, 6.07) is 30.0. The average molecular weight is 364 g/mol. The summed E-state index contributed by atoms with van der Waals surface area (Å²) in [5.74, 6) is 0. The van der Waals surface area contributed by atoms with E-state index in [-0.39, 0.29) is 11.2 Å². The number of para-hydroxylation sites is 2. The van der Waals surface area contributed by atoms with Gasteiger partial charge in [-0.05, 0) is 35.2 Å². The normalized spacial score (nSPS) is 11.1. The summed E-state index contributed by atoms with van der Waals surface area (Å²) >= 11 is 0. The van der Waals surface area contributed by atoms with Crippen LogP contribution in [0.5, 0.6) is 0 Å². The van der Waals surface area contributed by atoms with E-state index >= 15 is 0 Å². The van der Waals surface area contributed by atoms with Crippen LogP contribution in [0, 0.1) is 0 Å². The van der Waals surface area contributed by atoms with Gasteiger partial charge in [0, 0.05) is 0 Å². The highest BCUT2D eigenvalue weighted by Crippen LogP contribution is 2.24. The van der Waals surface area contributed by atoms with Gasteiger partial charge in [-0.3, -0.25) is 9.20 Å². The fraction of sp³-hybridized carbons (Fsp3) is 0. The highest BCUT2D eigenvalue weighted by Gasteiger charge is 2.18. The van der Waals surface area contributed by atoms with Crippen molar-refractivity contribution in [3.63, 3.8) is 0 Å². The number of benzene rings is 3. The summed E-state index contributed by atoms with van der Waals surface area (Å²) in [7, 11) is 0. The Morgan fingerprint density at radius 1 is 0.571 bits per heavy atom. The maximum atomic E-state index is 13.5. The molecule has 0 saturated heterocycles. The fourth-order valence-corrected chi connectivity index (χ4v) is 3.70. The van der Waals surface area contributed by atoms with Crippen LogP contribution < -0.4 is 11.2 Å². The number of nitrogens with zero attached hydrogens (tertiary/aromatic N) is 2. The van der Waals surface area contributed by atoms with Crippen LogP contribution in [0.3, 0.4) is 0 Å². The lowest BCUT2D eigenvalue weighted by Crippen LogP contribution is -2.37. The second-order valence-electron chi connectivity index (χ2n) is 6.61. The molecule has 0 N–H and O–H groups in total. The lowest BCUT2D eigenvalue weighted by molar-refractivity contribution is 0.862. The van der Waals surface area contributed by atoms with Gasteiger partial charge in [-0.25, -0.2) is 9.36 Å². The predicted molar refractivity (Wildman–Crippen MR) is 112 cm³/mol. The van der Waals surface area contributed by atoms with Gasteiger partial charge in [0.15, 0.2) is 0 Å². The lowest BCUT2D eigenvalue weighted by Gasteiger charge is -2.14. The molecule has 0 atom stereocenters. The van der Waals surface area contributed by atoms with Gasteiger partial charge in [0.1, 0.15) is 0 Å². The maximum Gasteiger partial charge on any atom is 0.340 e. The van der Waals surface area contributed by atoms with Crippen LogP contribution >= 0.6 is 0 Å². The third-order valence-corrected chi connectivity index (χ3v) is 4.97. The van der Waals surface area contributed by atoms with Crippen molar-refractivity contribution < 1.29 is 0 Å². The molecular formula is C24H16N2O2. The molecule has 5 aromatic rings. The molecule has 0 spiro atoms. The Morgan fingerprint density at radius 2 is 1.21 bits per heavy atom. The van der Waals surface area contributed by atoms with Gasteiger partial charge in [-0.1, -0.05) is 72.8 Å². The second-order valence-corrected chi connectivity index (χ2v) is 6.61. The van der Waals surface area contributed by atoms with E-state index in [2.05, 4.69) is 0 Å². The zero-order chi connectivity index (χ0) is 19.1. The quantitative estimate of drug-likeness (QED) is 0.439. The van der Waals surface area contributed by atoms with Gasteiger partial charge in [0.2, 0.25) is 0 Å². The topological polar surface area (TPSA) is 43.5 Å². The Bertz CT molecular complexity index is 1430. The van der Waals surface area contributed by atoms with E-state index in [4.69, 9.17) is 0 Å². The highest BCUT2D eigenvalue weighted by molar-refractivity contribution is 5.88. The summed E-state index contributed by atoms with van der Waals surface area (Å²) < 4.78 is 2.88. The van der Waals surface area contributed by atoms with Gasteiger partial charge >= 0.3 is 5.69 Å². The van der Waals surface area contributed by atoms with Gasteiger partial charge in [-0.2, -0.15) is 0 Å². The smallest absolute Gasteiger partial charge is 0.268 e. The SMILES string of the molecule is O=c1c(-c2ccccc2)c2ccc3ccccc3n2c(=O)n1-c1ccccc1. The fourth-order valence-electron chi connectivity index (χ4n) is 3.70. The number of hydrogen-bond acceptors (Lipinski definition) is 2. The number of aromatic nitrogens is 2. The Kier molecular flexibility index (Phi) is 3.69. The summed E-state index contributed by atoms with van der Waals surface area (Å²) in [5, 5.41) is 0.939. The molecule has 28 heavy (non-hydrogen) atoms. The molecule has 0 fully saturated rings. The van der Waals surface area contributed by atoms with Crippen molar-refractivity contribution in [1.29, 1.82) is 0 Å². The molecule has 0 bridgehead atoms. The largest absolute Gasteiger partial charge is 0.340 e. The summed E-state index contributed by atoms with van der Waals surface area (Å²) in [6.45, 7) is 0. The van der Waals surface area contributed by atoms with E-state index in [1.165, 1.54) is 4.57 Å². The third kappa shape index (κ3) is 2.39. The highest BCUT2D eigenvalue weighted by atomic mass is 16.2. The standard InChI is InChI=1S/C24H16N2O2/c27-23-22(18-10-3-1-4-11-18)21-16-15-17-9-7-8-14-20(17)26(21)24(28)25(23)19-12-5-2-6-13-19/h1-16H. The van der Waals surface area contributed by atoms with E-state index < -0.39 is 0 Å². The van der Waals surface area contributed by atoms with Crippen LogP contribution in [0.2, 0.25) is 0 Å². The monoisotopic (exact) mass is 364 g/mol. The van der Waals surface area contributed by atoms with Crippen LogP contribution in [0.4, 0.5) is 0 Å². The molecule has 0 radical (unpaired) electrons. The molecule has 134 valence electrons. The third-order valence-electron chi connectivity index (χ3n) is 4.97. The van der Waals surface area contributed by atoms with Crippen molar-refractivity contribution in [2.45, 2.75) is 0 Å². The number of rotatable bonds is 2. The van der Waals surface area contributed by atoms with Crippen molar-refractivity contribution in [2.24, 2.45) is 0 Å². The molecule has 0 unspecified atom stereocenters. The van der Waals surface area contributed by atoms with Crippen LogP contribution in [0.1, 0.15) is 0 Å². The average Bonchev–Trinajstić information content (AvgIpc) is 2.75. The molecule has 5 rings (SSSR count). The Balaban J connectivity index is 2.06. The van der Waals surface area contributed by atoms with Crippen molar-refractivity contribution >= 4 is 16.4 Å². The van der Waals surface area contributed by atoms with Crippen LogP contribution in [-0.2, 0) is 0 Å². The first-order chi connectivity index (χ1) is 13.8. The molecule has 2 heterocycles. The molecule has 0 aliphatic carbocycles. The number of hydrogen-bond donors (Lipinski definition) is 0. The molecule has 0 saturated carbocycles. The van der Waals surface area contributed by atoms with E-state index in [9.17, 15) is 9.59 Å². The van der Waals surface area contributed by atoms with E-state index in [0.717, 1.165) is 16.5 Å². The second kappa shape index (κ2) is 6.35. The van der Waals surface area contributed by atoms with Gasteiger partial charge in [0.05, 0.1) is 22.3 Å². The minimum absolute atomic E-state index is 0.322. The molecule has 4 nitrogen and oxygen atoms in total. The van der Waals surface area contributed by atoms with Crippen LogP contribution in [0.15, 0.2) is 107 Å². The number of fused-ring (bicyclic) bond motifs is 3. The Labute approximate surface area is 160 Å². The molecule has 0 aliphatic heterocycles. The van der Waals surface area contributed by atoms with Gasteiger partial charge in [0.25, 0.3) is 5.56 Å². The van der Waals surface area contributed by atoms with Crippen LogP contribution in [-0.4, -0.2) is 8.97 Å². The summed E-state index contributed by atoms with van der Waals surface area (Å²) in [5.41, 5.74) is 2.52. The first-order valence-electron chi connectivity index (χ1n) is 9.06. The van der Waals surface area contributed by atoms with Crippen molar-refractivity contribution in [2.75, 3.05) is 0 Å². The maximum absolute atomic E-state index is 13.5. The molecule has 2 aromatic heterocycles. The van der Waals surface area contributed by atoms with Crippen molar-refractivity contribution in [1.82, 2.24) is 8.97 Å². The van der Waals surface area contributed by atoms with Gasteiger partial charge in [-0.15, -0.1) is 0 Å². The van der Waals surface area contributed by atoms with Crippen molar-refractivity contribution in [3.05, 3.63) is 118 Å². The Morgan fingerprint density at radius 3 is 1.96 bits per heavy atom. The minimum atomic E-state index is -0.373. The number of pyridine rings is 1. The first kappa shape index (κ1) is 16.3. The van der Waals surface area contributed by atoms with E-state index in [1.807, 2.05) is 84.9 Å². The zero-order valence-corrected chi connectivity index (χ0v) is 14.9.